The van der Waals surface area contributed by atoms with Crippen molar-refractivity contribution in [3.05, 3.63) is 29.1 Å². The number of rotatable bonds is 0. The molecule has 56 valence electrons. The highest BCUT2D eigenvalue weighted by molar-refractivity contribution is 5.53. The summed E-state index contributed by atoms with van der Waals surface area (Å²) in [6.07, 6.45) is 0. The Balaban J connectivity index is 3.40. The molecule has 0 bridgehead atoms. The van der Waals surface area contributed by atoms with E-state index >= 15 is 0 Å². The molecule has 0 fully saturated rings. The molecule has 0 saturated carbocycles. The standard InChI is InChI=1S/C8H7FN2/c1-5-2-3-6(4-10)7(9)8(5)11/h2-3H,11H2,1H3. The fourth-order valence-electron chi connectivity index (χ4n) is 0.776. The molecule has 3 heteroatoms. The number of nitrogen functional groups attached to an aromatic ring is 1. The molecule has 0 atom stereocenters. The van der Waals surface area contributed by atoms with E-state index in [1.54, 1.807) is 19.1 Å². The molecule has 0 amide bonds. The van der Waals surface area contributed by atoms with Crippen LogP contribution < -0.4 is 5.73 Å². The monoisotopic (exact) mass is 150 g/mol. The average molecular weight is 150 g/mol. The molecule has 0 saturated heterocycles. The van der Waals surface area contributed by atoms with Gasteiger partial charge in [-0.3, -0.25) is 0 Å². The maximum absolute atomic E-state index is 12.9. The predicted molar refractivity (Wildman–Crippen MR) is 40.3 cm³/mol. The molecule has 0 aliphatic heterocycles. The van der Waals surface area contributed by atoms with E-state index in [9.17, 15) is 4.39 Å². The lowest BCUT2D eigenvalue weighted by Crippen LogP contribution is -1.96. The second-order valence-electron chi connectivity index (χ2n) is 2.27. The van der Waals surface area contributed by atoms with Crippen LogP contribution >= 0.6 is 0 Å². The number of benzene rings is 1. The summed E-state index contributed by atoms with van der Waals surface area (Å²) in [6, 6.07) is 4.75. The maximum Gasteiger partial charge on any atom is 0.164 e. The van der Waals surface area contributed by atoms with Crippen molar-refractivity contribution in [1.29, 1.82) is 5.26 Å². The van der Waals surface area contributed by atoms with Crippen LogP contribution in [0.5, 0.6) is 0 Å². The van der Waals surface area contributed by atoms with Crippen LogP contribution in [-0.2, 0) is 0 Å². The van der Waals surface area contributed by atoms with Gasteiger partial charge in [-0.1, -0.05) is 6.07 Å². The van der Waals surface area contributed by atoms with Crippen LogP contribution in [0.3, 0.4) is 0 Å². The zero-order valence-electron chi connectivity index (χ0n) is 6.06. The number of hydrogen-bond donors (Lipinski definition) is 1. The lowest BCUT2D eigenvalue weighted by Gasteiger charge is -2.00. The lowest BCUT2D eigenvalue weighted by atomic mass is 10.1. The van der Waals surface area contributed by atoms with Crippen molar-refractivity contribution < 1.29 is 4.39 Å². The van der Waals surface area contributed by atoms with Gasteiger partial charge in [-0.15, -0.1) is 0 Å². The van der Waals surface area contributed by atoms with Crippen molar-refractivity contribution in [3.8, 4) is 6.07 Å². The molecule has 0 aliphatic rings. The normalized spacial score (nSPS) is 9.18. The molecule has 0 spiro atoms. The van der Waals surface area contributed by atoms with E-state index in [0.29, 0.717) is 5.56 Å². The zero-order valence-corrected chi connectivity index (χ0v) is 6.06. The van der Waals surface area contributed by atoms with E-state index in [-0.39, 0.29) is 11.3 Å². The van der Waals surface area contributed by atoms with Gasteiger partial charge in [0.1, 0.15) is 6.07 Å². The predicted octanol–water partition coefficient (Wildman–Crippen LogP) is 1.59. The molecule has 0 unspecified atom stereocenters. The van der Waals surface area contributed by atoms with Gasteiger partial charge in [0.15, 0.2) is 5.82 Å². The Kier molecular flexibility index (Phi) is 1.77. The third-order valence-electron chi connectivity index (χ3n) is 1.52. The highest BCUT2D eigenvalue weighted by atomic mass is 19.1. The number of hydrogen-bond acceptors (Lipinski definition) is 2. The largest absolute Gasteiger partial charge is 0.396 e. The van der Waals surface area contributed by atoms with Gasteiger partial charge in [0.25, 0.3) is 0 Å². The van der Waals surface area contributed by atoms with Crippen LogP contribution in [0.2, 0.25) is 0 Å². The highest BCUT2D eigenvalue weighted by Gasteiger charge is 2.06. The van der Waals surface area contributed by atoms with Gasteiger partial charge in [-0.25, -0.2) is 4.39 Å². The van der Waals surface area contributed by atoms with Crippen molar-refractivity contribution >= 4 is 5.69 Å². The number of nitrogens with zero attached hydrogens (tertiary/aromatic N) is 1. The van der Waals surface area contributed by atoms with E-state index in [1.807, 2.05) is 0 Å². The highest BCUT2D eigenvalue weighted by Crippen LogP contribution is 2.18. The summed E-state index contributed by atoms with van der Waals surface area (Å²) < 4.78 is 12.9. The summed E-state index contributed by atoms with van der Waals surface area (Å²) in [7, 11) is 0. The molecule has 1 rings (SSSR count). The van der Waals surface area contributed by atoms with Crippen molar-refractivity contribution in [2.45, 2.75) is 6.92 Å². The lowest BCUT2D eigenvalue weighted by molar-refractivity contribution is 0.627. The smallest absolute Gasteiger partial charge is 0.164 e. The molecule has 1 aromatic carbocycles. The minimum atomic E-state index is -0.618. The Morgan fingerprint density at radius 1 is 1.55 bits per heavy atom. The molecule has 0 aromatic heterocycles. The molecule has 2 nitrogen and oxygen atoms in total. The third kappa shape index (κ3) is 1.15. The van der Waals surface area contributed by atoms with Crippen molar-refractivity contribution in [3.63, 3.8) is 0 Å². The second kappa shape index (κ2) is 2.59. The molecular formula is C8H7FN2. The molecular weight excluding hydrogens is 143 g/mol. The summed E-state index contributed by atoms with van der Waals surface area (Å²) in [4.78, 5) is 0. The summed E-state index contributed by atoms with van der Waals surface area (Å²) in [5.41, 5.74) is 6.04. The fraction of sp³-hybridized carbons (Fsp3) is 0.125. The first-order valence-corrected chi connectivity index (χ1v) is 3.11. The van der Waals surface area contributed by atoms with Crippen LogP contribution in [0.4, 0.5) is 10.1 Å². The van der Waals surface area contributed by atoms with Gasteiger partial charge in [-0.05, 0) is 18.6 Å². The van der Waals surface area contributed by atoms with Crippen LogP contribution in [0.1, 0.15) is 11.1 Å². The van der Waals surface area contributed by atoms with E-state index in [1.165, 1.54) is 6.07 Å². The van der Waals surface area contributed by atoms with E-state index in [4.69, 9.17) is 11.0 Å². The van der Waals surface area contributed by atoms with Gasteiger partial charge in [0.2, 0.25) is 0 Å². The maximum atomic E-state index is 12.9. The average Bonchev–Trinajstić information content (AvgIpc) is 2.01. The molecule has 2 N–H and O–H groups in total. The van der Waals surface area contributed by atoms with Gasteiger partial charge < -0.3 is 5.73 Å². The second-order valence-corrected chi connectivity index (χ2v) is 2.27. The van der Waals surface area contributed by atoms with E-state index in [2.05, 4.69) is 0 Å². The van der Waals surface area contributed by atoms with Crippen LogP contribution in [-0.4, -0.2) is 0 Å². The van der Waals surface area contributed by atoms with Crippen molar-refractivity contribution in [2.24, 2.45) is 0 Å². The summed E-state index contributed by atoms with van der Waals surface area (Å²) in [5, 5.41) is 8.39. The molecule has 0 aliphatic carbocycles. The first kappa shape index (κ1) is 7.55. The number of anilines is 1. The van der Waals surface area contributed by atoms with Crippen LogP contribution in [0.25, 0.3) is 0 Å². The minimum Gasteiger partial charge on any atom is -0.396 e. The van der Waals surface area contributed by atoms with Gasteiger partial charge in [0, 0.05) is 0 Å². The summed E-state index contributed by atoms with van der Waals surface area (Å²) in [6.45, 7) is 1.69. The molecule has 11 heavy (non-hydrogen) atoms. The SMILES string of the molecule is Cc1ccc(C#N)c(F)c1N. The summed E-state index contributed by atoms with van der Waals surface area (Å²) >= 11 is 0. The topological polar surface area (TPSA) is 49.8 Å². The number of halogens is 1. The Labute approximate surface area is 64.1 Å². The fourth-order valence-corrected chi connectivity index (χ4v) is 0.776. The molecule has 1 aromatic rings. The third-order valence-corrected chi connectivity index (χ3v) is 1.52. The first-order valence-electron chi connectivity index (χ1n) is 3.11. The van der Waals surface area contributed by atoms with Gasteiger partial charge in [0.05, 0.1) is 11.3 Å². The van der Waals surface area contributed by atoms with Gasteiger partial charge >= 0.3 is 0 Å². The zero-order chi connectivity index (χ0) is 8.43. The van der Waals surface area contributed by atoms with E-state index in [0.717, 1.165) is 0 Å². The Bertz CT molecular complexity index is 326. The quantitative estimate of drug-likeness (QED) is 0.571. The van der Waals surface area contributed by atoms with Crippen molar-refractivity contribution in [2.75, 3.05) is 5.73 Å². The van der Waals surface area contributed by atoms with Crippen LogP contribution in [0, 0.1) is 24.1 Å². The first-order chi connectivity index (χ1) is 5.16. The Morgan fingerprint density at radius 3 is 2.73 bits per heavy atom. The minimum absolute atomic E-state index is 0.00639. The van der Waals surface area contributed by atoms with Gasteiger partial charge in [-0.2, -0.15) is 5.26 Å². The Hall–Kier alpha value is -1.56. The van der Waals surface area contributed by atoms with Crippen molar-refractivity contribution in [1.82, 2.24) is 0 Å². The molecule has 0 radical (unpaired) electrons. The number of nitrogens with two attached hydrogens (primary N) is 1. The Morgan fingerprint density at radius 2 is 2.18 bits per heavy atom. The van der Waals surface area contributed by atoms with Crippen LogP contribution in [0.15, 0.2) is 12.1 Å². The number of nitriles is 1. The summed E-state index contributed by atoms with van der Waals surface area (Å²) in [5.74, 6) is -0.618. The molecule has 0 heterocycles. The number of aryl methyl sites for hydroxylation is 1. The van der Waals surface area contributed by atoms with E-state index < -0.39 is 5.82 Å².